The lowest BCUT2D eigenvalue weighted by Gasteiger charge is -2.22. The number of anilines is 1. The van der Waals surface area contributed by atoms with E-state index in [-0.39, 0.29) is 24.9 Å². The Kier molecular flexibility index (Phi) is 4.69. The number of nitrogens with two attached hydrogens (primary N) is 1. The fourth-order valence-electron chi connectivity index (χ4n) is 2.04. The van der Waals surface area contributed by atoms with Crippen molar-refractivity contribution in [2.75, 3.05) is 11.4 Å². The van der Waals surface area contributed by atoms with E-state index in [0.29, 0.717) is 18.5 Å². The molecule has 1 aliphatic heterocycles. The van der Waals surface area contributed by atoms with Crippen LogP contribution in [0.3, 0.4) is 0 Å². The number of halogens is 1. The molecule has 0 spiro atoms. The normalized spacial score (nSPS) is 18.6. The summed E-state index contributed by atoms with van der Waals surface area (Å²) in [6, 6.07) is 6.70. The zero-order chi connectivity index (χ0) is 12.4. The number of nitrogens with zero attached hydrogens (tertiary/aromatic N) is 1. The van der Waals surface area contributed by atoms with Gasteiger partial charge in [-0.2, -0.15) is 0 Å². The maximum atomic E-state index is 12.0. The Labute approximate surface area is 111 Å². The van der Waals surface area contributed by atoms with Crippen molar-refractivity contribution in [3.8, 4) is 0 Å². The number of amides is 1. The summed E-state index contributed by atoms with van der Waals surface area (Å²) in [6.07, 6.45) is 1.24. The number of aryl methyl sites for hydroxylation is 1. The summed E-state index contributed by atoms with van der Waals surface area (Å²) >= 11 is 0. The van der Waals surface area contributed by atoms with Gasteiger partial charge in [-0.3, -0.25) is 14.5 Å². The van der Waals surface area contributed by atoms with Gasteiger partial charge in [-0.05, 0) is 24.5 Å². The molecule has 1 aliphatic rings. The summed E-state index contributed by atoms with van der Waals surface area (Å²) in [6.45, 7) is -0.344. The second kappa shape index (κ2) is 5.84. The molecule has 1 atom stereocenters. The third-order valence-electron chi connectivity index (χ3n) is 2.88. The van der Waals surface area contributed by atoms with Gasteiger partial charge in [-0.15, -0.1) is 12.4 Å². The van der Waals surface area contributed by atoms with Crippen LogP contribution in [0, 0.1) is 0 Å². The van der Waals surface area contributed by atoms with E-state index in [1.54, 1.807) is 12.1 Å². The zero-order valence-electron chi connectivity index (χ0n) is 9.70. The number of para-hydroxylation sites is 1. The predicted molar refractivity (Wildman–Crippen MR) is 70.0 cm³/mol. The number of carbonyl (C=O) groups excluding carboxylic acids is 1. The SMILES string of the molecule is Cl.N[C@H]1CCc2ccccc2N(CC(=O)O)C1=O. The number of hydrogen-bond acceptors (Lipinski definition) is 3. The van der Waals surface area contributed by atoms with Gasteiger partial charge in [-0.1, -0.05) is 18.2 Å². The molecule has 3 N–H and O–H groups in total. The van der Waals surface area contributed by atoms with Crippen molar-refractivity contribution < 1.29 is 14.7 Å². The van der Waals surface area contributed by atoms with Gasteiger partial charge in [-0.25, -0.2) is 0 Å². The number of carboxylic acids is 1. The number of benzene rings is 1. The van der Waals surface area contributed by atoms with E-state index in [2.05, 4.69) is 0 Å². The first-order valence-electron chi connectivity index (χ1n) is 5.46. The largest absolute Gasteiger partial charge is 0.480 e. The molecule has 1 aromatic carbocycles. The van der Waals surface area contributed by atoms with E-state index in [4.69, 9.17) is 10.8 Å². The molecule has 98 valence electrons. The van der Waals surface area contributed by atoms with Gasteiger partial charge in [0.25, 0.3) is 0 Å². The Balaban J connectivity index is 0.00000162. The van der Waals surface area contributed by atoms with E-state index < -0.39 is 12.0 Å². The van der Waals surface area contributed by atoms with Crippen molar-refractivity contribution in [2.45, 2.75) is 18.9 Å². The highest BCUT2D eigenvalue weighted by Crippen LogP contribution is 2.26. The van der Waals surface area contributed by atoms with Crippen molar-refractivity contribution in [3.05, 3.63) is 29.8 Å². The third kappa shape index (κ3) is 2.80. The summed E-state index contributed by atoms with van der Waals surface area (Å²) < 4.78 is 0. The maximum absolute atomic E-state index is 12.0. The van der Waals surface area contributed by atoms with Gasteiger partial charge in [0.15, 0.2) is 0 Å². The van der Waals surface area contributed by atoms with Crippen LogP contribution in [0.15, 0.2) is 24.3 Å². The van der Waals surface area contributed by atoms with E-state index >= 15 is 0 Å². The number of fused-ring (bicyclic) bond motifs is 1. The van der Waals surface area contributed by atoms with E-state index in [1.165, 1.54) is 4.90 Å². The van der Waals surface area contributed by atoms with Crippen LogP contribution in [-0.2, 0) is 16.0 Å². The lowest BCUT2D eigenvalue weighted by atomic mass is 10.1. The molecule has 0 aromatic heterocycles. The van der Waals surface area contributed by atoms with Crippen LogP contribution in [0.5, 0.6) is 0 Å². The second-order valence-corrected chi connectivity index (χ2v) is 4.09. The van der Waals surface area contributed by atoms with Crippen molar-refractivity contribution in [1.82, 2.24) is 0 Å². The molecule has 6 heteroatoms. The van der Waals surface area contributed by atoms with Crippen LogP contribution in [-0.4, -0.2) is 29.6 Å². The monoisotopic (exact) mass is 270 g/mol. The van der Waals surface area contributed by atoms with Crippen LogP contribution in [0.25, 0.3) is 0 Å². The third-order valence-corrected chi connectivity index (χ3v) is 2.88. The second-order valence-electron chi connectivity index (χ2n) is 4.09. The van der Waals surface area contributed by atoms with Crippen LogP contribution in [0.2, 0.25) is 0 Å². The first-order valence-corrected chi connectivity index (χ1v) is 5.46. The van der Waals surface area contributed by atoms with Gasteiger partial charge >= 0.3 is 5.97 Å². The standard InChI is InChI=1S/C12H14N2O3.ClH/c13-9-6-5-8-3-1-2-4-10(8)14(12(9)17)7-11(15)16;/h1-4,9H,5-7,13H2,(H,15,16);1H/t9-;/m0./s1. The number of aliphatic carboxylic acids is 1. The zero-order valence-corrected chi connectivity index (χ0v) is 10.5. The maximum Gasteiger partial charge on any atom is 0.323 e. The highest BCUT2D eigenvalue weighted by atomic mass is 35.5. The quantitative estimate of drug-likeness (QED) is 0.833. The average Bonchev–Trinajstić information content (AvgIpc) is 2.42. The van der Waals surface area contributed by atoms with Gasteiger partial charge < -0.3 is 10.8 Å². The topological polar surface area (TPSA) is 83.6 Å². The summed E-state index contributed by atoms with van der Waals surface area (Å²) in [5.41, 5.74) is 7.37. The molecule has 2 rings (SSSR count). The number of carbonyl (C=O) groups is 2. The summed E-state index contributed by atoms with van der Waals surface area (Å²) in [5.74, 6) is -1.36. The minimum atomic E-state index is -1.04. The van der Waals surface area contributed by atoms with Gasteiger partial charge in [0.1, 0.15) is 6.54 Å². The Morgan fingerprint density at radius 1 is 1.44 bits per heavy atom. The molecule has 18 heavy (non-hydrogen) atoms. The molecule has 0 unspecified atom stereocenters. The van der Waals surface area contributed by atoms with Gasteiger partial charge in [0.05, 0.1) is 6.04 Å². The van der Waals surface area contributed by atoms with Crippen LogP contribution < -0.4 is 10.6 Å². The summed E-state index contributed by atoms with van der Waals surface area (Å²) in [4.78, 5) is 24.0. The molecule has 0 aliphatic carbocycles. The van der Waals surface area contributed by atoms with Crippen LogP contribution >= 0.6 is 12.4 Å². The molecule has 0 fully saturated rings. The molecule has 5 nitrogen and oxygen atoms in total. The fourth-order valence-corrected chi connectivity index (χ4v) is 2.04. The Hall–Kier alpha value is -1.59. The van der Waals surface area contributed by atoms with Gasteiger partial charge in [0, 0.05) is 5.69 Å². The van der Waals surface area contributed by atoms with E-state index in [0.717, 1.165) is 5.56 Å². The molecule has 1 aromatic rings. The van der Waals surface area contributed by atoms with Crippen molar-refractivity contribution >= 4 is 30.0 Å². The Bertz CT molecular complexity index is 464. The van der Waals surface area contributed by atoms with E-state index in [1.807, 2.05) is 12.1 Å². The van der Waals surface area contributed by atoms with Crippen LogP contribution in [0.4, 0.5) is 5.69 Å². The highest BCUT2D eigenvalue weighted by Gasteiger charge is 2.28. The average molecular weight is 271 g/mol. The van der Waals surface area contributed by atoms with Crippen LogP contribution in [0.1, 0.15) is 12.0 Å². The minimum Gasteiger partial charge on any atom is -0.480 e. The molecular weight excluding hydrogens is 256 g/mol. The van der Waals surface area contributed by atoms with Gasteiger partial charge in [0.2, 0.25) is 5.91 Å². The Morgan fingerprint density at radius 3 is 2.78 bits per heavy atom. The molecule has 0 saturated heterocycles. The highest BCUT2D eigenvalue weighted by molar-refractivity contribution is 6.01. The lowest BCUT2D eigenvalue weighted by molar-refractivity contribution is -0.136. The Morgan fingerprint density at radius 2 is 2.11 bits per heavy atom. The lowest BCUT2D eigenvalue weighted by Crippen LogP contribution is -2.45. The van der Waals surface area contributed by atoms with Crippen molar-refractivity contribution in [2.24, 2.45) is 5.73 Å². The van der Waals surface area contributed by atoms with Crippen molar-refractivity contribution in [3.63, 3.8) is 0 Å². The van der Waals surface area contributed by atoms with Crippen molar-refractivity contribution in [1.29, 1.82) is 0 Å². The molecule has 0 radical (unpaired) electrons. The fraction of sp³-hybridized carbons (Fsp3) is 0.333. The molecule has 0 saturated carbocycles. The first-order chi connectivity index (χ1) is 8.09. The summed E-state index contributed by atoms with van der Waals surface area (Å²) in [5, 5.41) is 8.85. The number of rotatable bonds is 2. The first kappa shape index (κ1) is 14.5. The van der Waals surface area contributed by atoms with E-state index in [9.17, 15) is 9.59 Å². The molecule has 1 amide bonds. The number of hydrogen-bond donors (Lipinski definition) is 2. The smallest absolute Gasteiger partial charge is 0.323 e. The molecule has 1 heterocycles. The molecule has 0 bridgehead atoms. The number of carboxylic acid groups (broad SMARTS) is 1. The molecular formula is C12H15ClN2O3. The minimum absolute atomic E-state index is 0. The predicted octanol–water partition coefficient (Wildman–Crippen LogP) is 0.799. The summed E-state index contributed by atoms with van der Waals surface area (Å²) in [7, 11) is 0.